The molecule has 2 aromatic rings. The summed E-state index contributed by atoms with van der Waals surface area (Å²) in [5, 5.41) is 9.99. The minimum absolute atomic E-state index is 0.0762. The van der Waals surface area contributed by atoms with Gasteiger partial charge in [0.15, 0.2) is 0 Å². The molecule has 2 N–H and O–H groups in total. The van der Waals surface area contributed by atoms with Gasteiger partial charge in [-0.15, -0.1) is 5.10 Å². The third kappa shape index (κ3) is 3.67. The Kier molecular flexibility index (Phi) is 4.80. The van der Waals surface area contributed by atoms with Crippen LogP contribution >= 0.6 is 11.8 Å². The highest BCUT2D eigenvalue weighted by Gasteiger charge is 2.42. The van der Waals surface area contributed by atoms with E-state index in [-0.39, 0.29) is 17.7 Å². The normalized spacial score (nSPS) is 25.3. The van der Waals surface area contributed by atoms with Crippen LogP contribution in [-0.4, -0.2) is 43.3 Å². The monoisotopic (exact) mass is 374 g/mol. The lowest BCUT2D eigenvalue weighted by molar-refractivity contribution is -0.117. The molecule has 0 saturated heterocycles. The zero-order valence-electron chi connectivity index (χ0n) is 14.6. The van der Waals surface area contributed by atoms with E-state index in [1.165, 1.54) is 37.4 Å². The van der Waals surface area contributed by atoms with E-state index in [0.717, 1.165) is 11.8 Å². The van der Waals surface area contributed by atoms with E-state index in [0.29, 0.717) is 16.9 Å². The van der Waals surface area contributed by atoms with Gasteiger partial charge in [0, 0.05) is 18.4 Å². The van der Waals surface area contributed by atoms with Crippen LogP contribution in [-0.2, 0) is 4.79 Å². The number of imide groups is 1. The predicted molar refractivity (Wildman–Crippen MR) is 96.6 cm³/mol. The van der Waals surface area contributed by atoms with E-state index in [9.17, 15) is 9.59 Å². The number of rotatable bonds is 5. The van der Waals surface area contributed by atoms with Crippen molar-refractivity contribution < 1.29 is 9.59 Å². The lowest BCUT2D eigenvalue weighted by Gasteiger charge is -2.28. The van der Waals surface area contributed by atoms with Gasteiger partial charge < -0.3 is 5.32 Å². The number of fused-ring (bicyclic) bond motifs is 3. The molecule has 4 unspecified atom stereocenters. The summed E-state index contributed by atoms with van der Waals surface area (Å²) in [6, 6.07) is 1.43. The first-order valence-electron chi connectivity index (χ1n) is 8.99. The Balaban J connectivity index is 1.23. The molecular formula is C17H22N6O2S. The van der Waals surface area contributed by atoms with Gasteiger partial charge in [0.05, 0.1) is 5.75 Å². The summed E-state index contributed by atoms with van der Waals surface area (Å²) in [4.78, 5) is 32.4. The molecule has 4 atom stereocenters. The standard InChI is InChI=1S/C17H22N6O2S/c1-10(13-8-11-3-4-12(13)7-11)19-16(25)20-14(24)9-26-17-21-15-18-5-2-6-23(15)22-17/h2,5-6,10-13H,3-4,7-9H2,1H3,(H2,19,20,24,25). The van der Waals surface area contributed by atoms with Crippen LogP contribution in [0.25, 0.3) is 5.78 Å². The number of nitrogens with zero attached hydrogens (tertiary/aromatic N) is 4. The molecule has 0 aromatic carbocycles. The fourth-order valence-electron chi connectivity index (χ4n) is 4.32. The predicted octanol–water partition coefficient (Wildman–Crippen LogP) is 1.87. The molecule has 2 bridgehead atoms. The molecule has 2 fully saturated rings. The van der Waals surface area contributed by atoms with Crippen LogP contribution in [0.2, 0.25) is 0 Å². The largest absolute Gasteiger partial charge is 0.335 e. The summed E-state index contributed by atoms with van der Waals surface area (Å²) in [5.41, 5.74) is 0. The van der Waals surface area contributed by atoms with Crippen molar-refractivity contribution in [3.63, 3.8) is 0 Å². The molecule has 3 amide bonds. The quantitative estimate of drug-likeness (QED) is 0.775. The highest BCUT2D eigenvalue weighted by atomic mass is 32.2. The number of hydrogen-bond donors (Lipinski definition) is 2. The van der Waals surface area contributed by atoms with Crippen LogP contribution < -0.4 is 10.6 Å². The number of amides is 3. The SMILES string of the molecule is CC(NC(=O)NC(=O)CSc1nc2ncccn2n1)C1CC2CCC1C2. The van der Waals surface area contributed by atoms with Gasteiger partial charge >= 0.3 is 6.03 Å². The highest BCUT2D eigenvalue weighted by Crippen LogP contribution is 2.49. The van der Waals surface area contributed by atoms with Crippen molar-refractivity contribution in [2.75, 3.05) is 5.75 Å². The van der Waals surface area contributed by atoms with Gasteiger partial charge in [-0.25, -0.2) is 14.3 Å². The van der Waals surface area contributed by atoms with Crippen molar-refractivity contribution >= 4 is 29.5 Å². The average Bonchev–Trinajstić information content (AvgIpc) is 3.34. The molecule has 4 rings (SSSR count). The smallest absolute Gasteiger partial charge is 0.321 e. The number of aromatic nitrogens is 4. The van der Waals surface area contributed by atoms with Crippen LogP contribution in [0.3, 0.4) is 0 Å². The van der Waals surface area contributed by atoms with E-state index >= 15 is 0 Å². The van der Waals surface area contributed by atoms with Gasteiger partial charge in [0.1, 0.15) is 0 Å². The van der Waals surface area contributed by atoms with Crippen molar-refractivity contribution in [3.8, 4) is 0 Å². The summed E-state index contributed by atoms with van der Waals surface area (Å²) in [6.07, 6.45) is 8.48. The maximum Gasteiger partial charge on any atom is 0.321 e. The number of carbonyl (C=O) groups excluding carboxylic acids is 2. The first kappa shape index (κ1) is 17.3. The van der Waals surface area contributed by atoms with E-state index in [1.807, 2.05) is 6.92 Å². The first-order chi connectivity index (χ1) is 12.6. The number of carbonyl (C=O) groups is 2. The fourth-order valence-corrected chi connectivity index (χ4v) is 4.95. The molecule has 2 aromatic heterocycles. The fraction of sp³-hybridized carbons (Fsp3) is 0.588. The molecule has 0 spiro atoms. The molecule has 9 heteroatoms. The summed E-state index contributed by atoms with van der Waals surface area (Å²) in [5.74, 6) is 2.30. The molecule has 2 aliphatic rings. The van der Waals surface area contributed by atoms with Gasteiger partial charge in [0.25, 0.3) is 5.78 Å². The van der Waals surface area contributed by atoms with Crippen molar-refractivity contribution in [2.45, 2.75) is 43.8 Å². The highest BCUT2D eigenvalue weighted by molar-refractivity contribution is 7.99. The lowest BCUT2D eigenvalue weighted by Crippen LogP contribution is -2.47. The molecule has 2 heterocycles. The second kappa shape index (κ2) is 7.22. The zero-order valence-corrected chi connectivity index (χ0v) is 15.4. The Bertz CT molecular complexity index is 791. The molecule has 26 heavy (non-hydrogen) atoms. The second-order valence-corrected chi connectivity index (χ2v) is 8.14. The van der Waals surface area contributed by atoms with Crippen molar-refractivity contribution in [3.05, 3.63) is 18.5 Å². The van der Waals surface area contributed by atoms with Gasteiger partial charge in [-0.3, -0.25) is 10.1 Å². The average molecular weight is 374 g/mol. The summed E-state index contributed by atoms with van der Waals surface area (Å²) in [7, 11) is 0. The van der Waals surface area contributed by atoms with Crippen LogP contribution in [0.4, 0.5) is 4.79 Å². The topological polar surface area (TPSA) is 101 Å². The maximum absolute atomic E-state index is 12.1. The van der Waals surface area contributed by atoms with E-state index in [1.54, 1.807) is 23.0 Å². The summed E-state index contributed by atoms with van der Waals surface area (Å²) >= 11 is 1.18. The third-order valence-corrected chi connectivity index (χ3v) is 6.31. The van der Waals surface area contributed by atoms with Crippen LogP contribution in [0.5, 0.6) is 0 Å². The summed E-state index contributed by atoms with van der Waals surface area (Å²) in [6.45, 7) is 2.04. The molecule has 0 radical (unpaired) electrons. The summed E-state index contributed by atoms with van der Waals surface area (Å²) < 4.78 is 1.55. The zero-order chi connectivity index (χ0) is 18.1. The van der Waals surface area contributed by atoms with Gasteiger partial charge in [0.2, 0.25) is 11.1 Å². The number of thioether (sulfide) groups is 1. The maximum atomic E-state index is 12.1. The molecule has 138 valence electrons. The number of hydrogen-bond acceptors (Lipinski definition) is 6. The molecule has 8 nitrogen and oxygen atoms in total. The lowest BCUT2D eigenvalue weighted by atomic mass is 9.84. The van der Waals surface area contributed by atoms with E-state index in [4.69, 9.17) is 0 Å². The first-order valence-corrected chi connectivity index (χ1v) is 9.97. The second-order valence-electron chi connectivity index (χ2n) is 7.20. The minimum Gasteiger partial charge on any atom is -0.335 e. The van der Waals surface area contributed by atoms with Crippen LogP contribution in [0, 0.1) is 17.8 Å². The van der Waals surface area contributed by atoms with Crippen LogP contribution in [0.15, 0.2) is 23.6 Å². The number of nitrogens with one attached hydrogen (secondary N) is 2. The van der Waals surface area contributed by atoms with Crippen LogP contribution in [0.1, 0.15) is 32.6 Å². The van der Waals surface area contributed by atoms with Crippen molar-refractivity contribution in [1.82, 2.24) is 30.2 Å². The van der Waals surface area contributed by atoms with E-state index in [2.05, 4.69) is 25.7 Å². The molecule has 0 aliphatic heterocycles. The Morgan fingerprint density at radius 3 is 3.00 bits per heavy atom. The Hall–Kier alpha value is -2.16. The Labute approximate surface area is 155 Å². The Morgan fingerprint density at radius 2 is 2.27 bits per heavy atom. The van der Waals surface area contributed by atoms with E-state index < -0.39 is 6.03 Å². The van der Waals surface area contributed by atoms with Crippen molar-refractivity contribution in [2.24, 2.45) is 17.8 Å². The minimum atomic E-state index is -0.421. The third-order valence-electron chi connectivity index (χ3n) is 5.48. The molecular weight excluding hydrogens is 352 g/mol. The molecule has 2 aliphatic carbocycles. The van der Waals surface area contributed by atoms with Gasteiger partial charge in [-0.2, -0.15) is 4.98 Å². The van der Waals surface area contributed by atoms with Gasteiger partial charge in [-0.1, -0.05) is 18.2 Å². The van der Waals surface area contributed by atoms with Gasteiger partial charge in [-0.05, 0) is 50.0 Å². The number of urea groups is 1. The Morgan fingerprint density at radius 1 is 1.38 bits per heavy atom. The molecule has 2 saturated carbocycles. The van der Waals surface area contributed by atoms with Crippen molar-refractivity contribution in [1.29, 1.82) is 0 Å².